The van der Waals surface area contributed by atoms with E-state index >= 15 is 0 Å². The number of hydrogen-bond donors (Lipinski definition) is 1. The summed E-state index contributed by atoms with van der Waals surface area (Å²) in [4.78, 5) is 11.9. The number of carbonyl (C=O) groups is 1. The van der Waals surface area contributed by atoms with Crippen LogP contribution in [-0.2, 0) is 17.1 Å². The lowest BCUT2D eigenvalue weighted by molar-refractivity contribution is -0.118. The van der Waals surface area contributed by atoms with Gasteiger partial charge in [0.1, 0.15) is 5.75 Å². The lowest BCUT2D eigenvalue weighted by Crippen LogP contribution is -2.24. The summed E-state index contributed by atoms with van der Waals surface area (Å²) in [5.74, 6) is 2.23. The largest absolute Gasteiger partial charge is 0.494 e. The van der Waals surface area contributed by atoms with Gasteiger partial charge >= 0.3 is 0 Å². The molecule has 0 spiro atoms. The van der Waals surface area contributed by atoms with Crippen LogP contribution in [0.1, 0.15) is 23.6 Å². The molecule has 0 aliphatic rings. The second kappa shape index (κ2) is 9.26. The number of hydrogen-bond acceptors (Lipinski definition) is 3. The van der Waals surface area contributed by atoms with E-state index in [9.17, 15) is 4.79 Å². The van der Waals surface area contributed by atoms with E-state index in [0.717, 1.165) is 17.1 Å². The summed E-state index contributed by atoms with van der Waals surface area (Å²) in [6.45, 7) is 5.22. The van der Waals surface area contributed by atoms with Crippen molar-refractivity contribution in [3.8, 4) is 5.75 Å². The van der Waals surface area contributed by atoms with Gasteiger partial charge in [0.2, 0.25) is 5.91 Å². The standard InChI is InChI=1S/C19H23NO2S/c1-3-22-18-9-5-7-16(11-18)12-20-19(21)14-23-13-17-8-4-6-15(2)10-17/h4-11H,3,12-14H2,1-2H3,(H,20,21). The fourth-order valence-corrected chi connectivity index (χ4v) is 3.03. The third-order valence-electron chi connectivity index (χ3n) is 3.28. The molecule has 1 N–H and O–H groups in total. The van der Waals surface area contributed by atoms with Crippen molar-refractivity contribution < 1.29 is 9.53 Å². The van der Waals surface area contributed by atoms with Crippen molar-refractivity contribution in [2.75, 3.05) is 12.4 Å². The van der Waals surface area contributed by atoms with Crippen LogP contribution in [0.3, 0.4) is 0 Å². The maximum Gasteiger partial charge on any atom is 0.230 e. The Kier molecular flexibility index (Phi) is 7.01. The van der Waals surface area contributed by atoms with Gasteiger partial charge in [-0.25, -0.2) is 0 Å². The van der Waals surface area contributed by atoms with E-state index in [1.807, 2.05) is 31.2 Å². The lowest BCUT2D eigenvalue weighted by Gasteiger charge is -2.08. The van der Waals surface area contributed by atoms with Gasteiger partial charge < -0.3 is 10.1 Å². The number of thioether (sulfide) groups is 1. The summed E-state index contributed by atoms with van der Waals surface area (Å²) < 4.78 is 5.46. The molecule has 0 unspecified atom stereocenters. The highest BCUT2D eigenvalue weighted by atomic mass is 32.2. The third kappa shape index (κ3) is 6.37. The van der Waals surface area contributed by atoms with Crippen LogP contribution in [0, 0.1) is 6.92 Å². The molecule has 3 nitrogen and oxygen atoms in total. The Balaban J connectivity index is 1.71. The molecule has 0 fully saturated rings. The monoisotopic (exact) mass is 329 g/mol. The number of ether oxygens (including phenoxy) is 1. The van der Waals surface area contributed by atoms with Crippen molar-refractivity contribution in [1.29, 1.82) is 0 Å². The maximum absolute atomic E-state index is 11.9. The van der Waals surface area contributed by atoms with Crippen LogP contribution in [0.5, 0.6) is 5.75 Å². The fraction of sp³-hybridized carbons (Fsp3) is 0.316. The molecule has 23 heavy (non-hydrogen) atoms. The summed E-state index contributed by atoms with van der Waals surface area (Å²) in [7, 11) is 0. The normalized spacial score (nSPS) is 10.3. The van der Waals surface area contributed by atoms with Crippen molar-refractivity contribution in [3.05, 3.63) is 65.2 Å². The van der Waals surface area contributed by atoms with E-state index in [-0.39, 0.29) is 5.91 Å². The zero-order valence-corrected chi connectivity index (χ0v) is 14.5. The maximum atomic E-state index is 11.9. The van der Waals surface area contributed by atoms with Crippen LogP contribution in [0.4, 0.5) is 0 Å². The minimum Gasteiger partial charge on any atom is -0.494 e. The molecule has 1 amide bonds. The topological polar surface area (TPSA) is 38.3 Å². The van der Waals surface area contributed by atoms with Crippen molar-refractivity contribution >= 4 is 17.7 Å². The molecule has 0 aromatic heterocycles. The quantitative estimate of drug-likeness (QED) is 0.797. The Morgan fingerprint density at radius 2 is 1.91 bits per heavy atom. The molecule has 0 bridgehead atoms. The Labute approximate surface area is 142 Å². The SMILES string of the molecule is CCOc1cccc(CNC(=O)CSCc2cccc(C)c2)c1. The van der Waals surface area contributed by atoms with E-state index < -0.39 is 0 Å². The Morgan fingerprint density at radius 3 is 2.70 bits per heavy atom. The van der Waals surface area contributed by atoms with Crippen LogP contribution in [0.2, 0.25) is 0 Å². The van der Waals surface area contributed by atoms with E-state index in [1.165, 1.54) is 11.1 Å². The second-order valence-electron chi connectivity index (χ2n) is 5.34. The van der Waals surface area contributed by atoms with Gasteiger partial charge in [0, 0.05) is 12.3 Å². The molecule has 2 aromatic carbocycles. The number of nitrogens with one attached hydrogen (secondary N) is 1. The lowest BCUT2D eigenvalue weighted by atomic mass is 10.2. The highest BCUT2D eigenvalue weighted by Crippen LogP contribution is 2.14. The molecule has 0 saturated carbocycles. The minimum atomic E-state index is 0.0597. The highest BCUT2D eigenvalue weighted by Gasteiger charge is 2.03. The summed E-state index contributed by atoms with van der Waals surface area (Å²) in [5.41, 5.74) is 3.56. The van der Waals surface area contributed by atoms with Gasteiger partial charge in [-0.15, -0.1) is 11.8 Å². The smallest absolute Gasteiger partial charge is 0.230 e. The zero-order valence-electron chi connectivity index (χ0n) is 13.7. The van der Waals surface area contributed by atoms with Gasteiger partial charge in [-0.2, -0.15) is 0 Å². The van der Waals surface area contributed by atoms with Crippen molar-refractivity contribution in [3.63, 3.8) is 0 Å². The summed E-state index contributed by atoms with van der Waals surface area (Å²) in [6.07, 6.45) is 0. The Morgan fingerprint density at radius 1 is 1.13 bits per heavy atom. The first-order chi connectivity index (χ1) is 11.2. The first-order valence-corrected chi connectivity index (χ1v) is 8.94. The molecule has 2 rings (SSSR count). The molecule has 0 aliphatic carbocycles. The highest BCUT2D eigenvalue weighted by molar-refractivity contribution is 7.99. The molecular weight excluding hydrogens is 306 g/mol. The number of carbonyl (C=O) groups excluding carboxylic acids is 1. The van der Waals surface area contributed by atoms with Crippen molar-refractivity contribution in [1.82, 2.24) is 5.32 Å². The number of benzene rings is 2. The van der Waals surface area contributed by atoms with Gasteiger partial charge in [-0.1, -0.05) is 42.0 Å². The Bertz CT molecular complexity index is 643. The summed E-state index contributed by atoms with van der Waals surface area (Å²) >= 11 is 1.63. The van der Waals surface area contributed by atoms with Gasteiger partial charge in [0.25, 0.3) is 0 Å². The molecule has 0 saturated heterocycles. The van der Waals surface area contributed by atoms with Gasteiger partial charge in [0.15, 0.2) is 0 Å². The van der Waals surface area contributed by atoms with Crippen LogP contribution >= 0.6 is 11.8 Å². The van der Waals surface area contributed by atoms with Crippen molar-refractivity contribution in [2.24, 2.45) is 0 Å². The first kappa shape index (κ1) is 17.4. The summed E-state index contributed by atoms with van der Waals surface area (Å²) in [6, 6.07) is 16.2. The molecule has 122 valence electrons. The molecule has 0 heterocycles. The van der Waals surface area contributed by atoms with Gasteiger partial charge in [-0.05, 0) is 37.1 Å². The molecular formula is C19H23NO2S. The average molecular weight is 329 g/mol. The van der Waals surface area contributed by atoms with Crippen LogP contribution in [-0.4, -0.2) is 18.3 Å². The zero-order chi connectivity index (χ0) is 16.5. The minimum absolute atomic E-state index is 0.0597. The van der Waals surface area contributed by atoms with Crippen LogP contribution in [0.25, 0.3) is 0 Å². The third-order valence-corrected chi connectivity index (χ3v) is 4.29. The van der Waals surface area contributed by atoms with Crippen molar-refractivity contribution in [2.45, 2.75) is 26.1 Å². The molecule has 0 radical (unpaired) electrons. The van der Waals surface area contributed by atoms with E-state index in [2.05, 4.69) is 36.5 Å². The van der Waals surface area contributed by atoms with Crippen LogP contribution in [0.15, 0.2) is 48.5 Å². The molecule has 2 aromatic rings. The number of rotatable bonds is 8. The second-order valence-corrected chi connectivity index (χ2v) is 6.32. The van der Waals surface area contributed by atoms with E-state index in [0.29, 0.717) is 18.9 Å². The predicted molar refractivity (Wildman–Crippen MR) is 96.8 cm³/mol. The first-order valence-electron chi connectivity index (χ1n) is 7.79. The summed E-state index contributed by atoms with van der Waals surface area (Å²) in [5, 5.41) is 2.95. The van der Waals surface area contributed by atoms with Gasteiger partial charge in [0.05, 0.1) is 12.4 Å². The number of aryl methyl sites for hydroxylation is 1. The predicted octanol–water partition coefficient (Wildman–Crippen LogP) is 3.94. The van der Waals surface area contributed by atoms with E-state index in [4.69, 9.17) is 4.74 Å². The number of amides is 1. The van der Waals surface area contributed by atoms with E-state index in [1.54, 1.807) is 11.8 Å². The molecule has 4 heteroatoms. The Hall–Kier alpha value is -1.94. The fourth-order valence-electron chi connectivity index (χ4n) is 2.23. The molecule has 0 atom stereocenters. The van der Waals surface area contributed by atoms with Gasteiger partial charge in [-0.3, -0.25) is 4.79 Å². The van der Waals surface area contributed by atoms with Crippen LogP contribution < -0.4 is 10.1 Å². The average Bonchev–Trinajstić information content (AvgIpc) is 2.54. The molecule has 0 aliphatic heterocycles.